The Morgan fingerprint density at radius 1 is 1.48 bits per heavy atom. The number of piperidine rings is 1. The second-order valence-corrected chi connectivity index (χ2v) is 5.30. The SMILES string of the molecule is COc1cccc2c(C(=O)O)cc(C3CCCNC3)nc12. The van der Waals surface area contributed by atoms with E-state index >= 15 is 0 Å². The van der Waals surface area contributed by atoms with Crippen molar-refractivity contribution in [1.29, 1.82) is 0 Å². The van der Waals surface area contributed by atoms with E-state index in [9.17, 15) is 9.90 Å². The second-order valence-electron chi connectivity index (χ2n) is 5.30. The number of carboxylic acid groups (broad SMARTS) is 1. The van der Waals surface area contributed by atoms with E-state index in [4.69, 9.17) is 4.74 Å². The van der Waals surface area contributed by atoms with Crippen molar-refractivity contribution in [3.05, 3.63) is 35.5 Å². The summed E-state index contributed by atoms with van der Waals surface area (Å²) in [5, 5.41) is 13.4. The van der Waals surface area contributed by atoms with Gasteiger partial charge in [-0.3, -0.25) is 0 Å². The molecule has 0 amide bonds. The van der Waals surface area contributed by atoms with E-state index < -0.39 is 5.97 Å². The zero-order valence-corrected chi connectivity index (χ0v) is 11.9. The number of fused-ring (bicyclic) bond motifs is 1. The average Bonchev–Trinajstić information content (AvgIpc) is 2.53. The molecule has 1 aromatic heterocycles. The van der Waals surface area contributed by atoms with Gasteiger partial charge in [0.05, 0.1) is 12.7 Å². The number of pyridine rings is 1. The van der Waals surface area contributed by atoms with Gasteiger partial charge in [0.15, 0.2) is 0 Å². The van der Waals surface area contributed by atoms with Crippen LogP contribution in [0, 0.1) is 0 Å². The summed E-state index contributed by atoms with van der Waals surface area (Å²) in [7, 11) is 1.58. The minimum absolute atomic E-state index is 0.256. The van der Waals surface area contributed by atoms with Crippen molar-refractivity contribution in [2.24, 2.45) is 0 Å². The Balaban J connectivity index is 2.19. The number of carboxylic acids is 1. The highest BCUT2D eigenvalue weighted by Crippen LogP contribution is 2.30. The summed E-state index contributed by atoms with van der Waals surface area (Å²) in [5.41, 5.74) is 1.75. The standard InChI is InChI=1S/C16H18N2O3/c1-21-14-6-2-5-11-12(16(19)20)8-13(18-15(11)14)10-4-3-7-17-9-10/h2,5-6,8,10,17H,3-4,7,9H2,1H3,(H,19,20). The molecule has 1 saturated heterocycles. The van der Waals surface area contributed by atoms with Gasteiger partial charge in [0.1, 0.15) is 11.3 Å². The van der Waals surface area contributed by atoms with Crippen LogP contribution in [-0.4, -0.2) is 36.3 Å². The van der Waals surface area contributed by atoms with Crippen molar-refractivity contribution in [3.63, 3.8) is 0 Å². The fraction of sp³-hybridized carbons (Fsp3) is 0.375. The van der Waals surface area contributed by atoms with Crippen molar-refractivity contribution in [1.82, 2.24) is 10.3 Å². The zero-order chi connectivity index (χ0) is 14.8. The van der Waals surface area contributed by atoms with Crippen LogP contribution in [0.3, 0.4) is 0 Å². The average molecular weight is 286 g/mol. The Labute approximate surface area is 123 Å². The summed E-state index contributed by atoms with van der Waals surface area (Å²) in [6, 6.07) is 7.08. The highest BCUT2D eigenvalue weighted by molar-refractivity contribution is 6.04. The first-order chi connectivity index (χ1) is 10.2. The largest absolute Gasteiger partial charge is 0.494 e. The predicted octanol–water partition coefficient (Wildman–Crippen LogP) is 2.41. The minimum Gasteiger partial charge on any atom is -0.494 e. The molecule has 0 spiro atoms. The number of nitrogens with one attached hydrogen (secondary N) is 1. The normalized spacial score (nSPS) is 18.6. The molecule has 0 saturated carbocycles. The van der Waals surface area contributed by atoms with Gasteiger partial charge in [-0.25, -0.2) is 9.78 Å². The zero-order valence-electron chi connectivity index (χ0n) is 11.9. The third-order valence-electron chi connectivity index (χ3n) is 3.99. The third kappa shape index (κ3) is 2.56. The topological polar surface area (TPSA) is 71.5 Å². The van der Waals surface area contributed by atoms with Crippen molar-refractivity contribution in [2.45, 2.75) is 18.8 Å². The molecule has 3 rings (SSSR count). The van der Waals surface area contributed by atoms with Gasteiger partial charge in [-0.15, -0.1) is 0 Å². The van der Waals surface area contributed by atoms with Gasteiger partial charge in [-0.05, 0) is 31.5 Å². The maximum Gasteiger partial charge on any atom is 0.336 e. The smallest absolute Gasteiger partial charge is 0.336 e. The molecule has 5 heteroatoms. The molecule has 5 nitrogen and oxygen atoms in total. The van der Waals surface area contributed by atoms with Crippen LogP contribution in [0.1, 0.15) is 34.8 Å². The van der Waals surface area contributed by atoms with Crippen LogP contribution in [0.15, 0.2) is 24.3 Å². The Morgan fingerprint density at radius 2 is 2.33 bits per heavy atom. The first kappa shape index (κ1) is 13.8. The molecule has 1 fully saturated rings. The summed E-state index contributed by atoms with van der Waals surface area (Å²) in [6.45, 7) is 1.85. The predicted molar refractivity (Wildman–Crippen MR) is 80.1 cm³/mol. The number of nitrogens with zero attached hydrogens (tertiary/aromatic N) is 1. The maximum absolute atomic E-state index is 11.6. The van der Waals surface area contributed by atoms with Crippen LogP contribution in [0.2, 0.25) is 0 Å². The van der Waals surface area contributed by atoms with E-state index in [0.717, 1.165) is 31.6 Å². The minimum atomic E-state index is -0.930. The highest BCUT2D eigenvalue weighted by Gasteiger charge is 2.21. The molecule has 2 N–H and O–H groups in total. The van der Waals surface area contributed by atoms with E-state index in [1.165, 1.54) is 0 Å². The van der Waals surface area contributed by atoms with E-state index in [1.807, 2.05) is 6.07 Å². The van der Waals surface area contributed by atoms with Crippen LogP contribution in [0.5, 0.6) is 5.75 Å². The van der Waals surface area contributed by atoms with E-state index in [0.29, 0.717) is 22.2 Å². The van der Waals surface area contributed by atoms with E-state index in [1.54, 1.807) is 25.3 Å². The second kappa shape index (κ2) is 5.69. The lowest BCUT2D eigenvalue weighted by Gasteiger charge is -2.23. The molecule has 2 aromatic rings. The summed E-state index contributed by atoms with van der Waals surface area (Å²) in [4.78, 5) is 16.2. The molecule has 110 valence electrons. The number of ether oxygens (including phenoxy) is 1. The molecule has 1 unspecified atom stereocenters. The van der Waals surface area contributed by atoms with Crippen LogP contribution >= 0.6 is 0 Å². The Morgan fingerprint density at radius 3 is 3.00 bits per heavy atom. The van der Waals surface area contributed by atoms with Crippen LogP contribution in [0.4, 0.5) is 0 Å². The highest BCUT2D eigenvalue weighted by atomic mass is 16.5. The monoisotopic (exact) mass is 286 g/mol. The Hall–Kier alpha value is -2.14. The van der Waals surface area contributed by atoms with Gasteiger partial charge < -0.3 is 15.2 Å². The first-order valence-corrected chi connectivity index (χ1v) is 7.12. The van der Waals surface area contributed by atoms with E-state index in [2.05, 4.69) is 10.3 Å². The molecule has 2 heterocycles. The fourth-order valence-electron chi connectivity index (χ4n) is 2.90. The maximum atomic E-state index is 11.6. The fourth-order valence-corrected chi connectivity index (χ4v) is 2.90. The number of para-hydroxylation sites is 1. The van der Waals surface area contributed by atoms with E-state index in [-0.39, 0.29) is 5.92 Å². The summed E-state index contributed by atoms with van der Waals surface area (Å²) >= 11 is 0. The van der Waals surface area contributed by atoms with Gasteiger partial charge in [0.25, 0.3) is 0 Å². The third-order valence-corrected chi connectivity index (χ3v) is 3.99. The number of hydrogen-bond donors (Lipinski definition) is 2. The molecule has 0 radical (unpaired) electrons. The Kier molecular flexibility index (Phi) is 3.75. The number of hydrogen-bond acceptors (Lipinski definition) is 4. The number of carbonyl (C=O) groups is 1. The molecule has 0 aliphatic carbocycles. The Bertz CT molecular complexity index is 679. The number of benzene rings is 1. The summed E-state index contributed by atoms with van der Waals surface area (Å²) in [6.07, 6.45) is 2.11. The lowest BCUT2D eigenvalue weighted by Crippen LogP contribution is -2.29. The van der Waals surface area contributed by atoms with Gasteiger partial charge >= 0.3 is 5.97 Å². The molecule has 1 aliphatic heterocycles. The molecule has 1 aromatic carbocycles. The quantitative estimate of drug-likeness (QED) is 0.906. The lowest BCUT2D eigenvalue weighted by atomic mass is 9.93. The van der Waals surface area contributed by atoms with Crippen LogP contribution in [0.25, 0.3) is 10.9 Å². The van der Waals surface area contributed by atoms with Crippen LogP contribution in [-0.2, 0) is 0 Å². The van der Waals surface area contributed by atoms with Gasteiger partial charge in [0.2, 0.25) is 0 Å². The number of methoxy groups -OCH3 is 1. The number of rotatable bonds is 3. The van der Waals surface area contributed by atoms with Gasteiger partial charge in [0, 0.05) is 23.5 Å². The molecular weight excluding hydrogens is 268 g/mol. The summed E-state index contributed by atoms with van der Waals surface area (Å²) < 4.78 is 5.33. The van der Waals surface area contributed by atoms with Gasteiger partial charge in [-0.2, -0.15) is 0 Å². The van der Waals surface area contributed by atoms with Crippen molar-refractivity contribution in [2.75, 3.05) is 20.2 Å². The molecule has 21 heavy (non-hydrogen) atoms. The van der Waals surface area contributed by atoms with Crippen molar-refractivity contribution < 1.29 is 14.6 Å². The first-order valence-electron chi connectivity index (χ1n) is 7.12. The summed E-state index contributed by atoms with van der Waals surface area (Å²) in [5.74, 6) is -0.0625. The van der Waals surface area contributed by atoms with Crippen LogP contribution < -0.4 is 10.1 Å². The number of aromatic carboxylic acids is 1. The number of aromatic nitrogens is 1. The molecule has 1 aliphatic rings. The molecule has 0 bridgehead atoms. The van der Waals surface area contributed by atoms with Gasteiger partial charge in [-0.1, -0.05) is 12.1 Å². The molecule has 1 atom stereocenters. The van der Waals surface area contributed by atoms with Crippen molar-refractivity contribution >= 4 is 16.9 Å². The lowest BCUT2D eigenvalue weighted by molar-refractivity contribution is 0.0699. The molecular formula is C16H18N2O3. The van der Waals surface area contributed by atoms with Crippen molar-refractivity contribution in [3.8, 4) is 5.75 Å².